The van der Waals surface area contributed by atoms with Crippen molar-refractivity contribution in [2.45, 2.75) is 261 Å². The summed E-state index contributed by atoms with van der Waals surface area (Å²) in [5.74, 6) is -4.21. The molecule has 0 unspecified atom stereocenters. The SMILES string of the molecule is C/C=C(/C)C(=O)O[C@H]1[C@H](O)[C@@H](O)[C@H](O[C@H]2[C@H](O)[C@]3(COC(C)=O)[C@H](O)C[C@]4(C)C(=CC[C@@H]5[C@@]6(C)CC[C@H](O[C@@H]7O[C@H](C(=O)O)[C@@H](O[C@@H]8O[C@H](CO)[C@@H](O)[C@H](O)[C@H]8O)[C@H](O)[C@H]7O[C@@H]7O[C@H](CO)[C@@H](O)[C@H](O)[C@H]7O)[C@](C)(CO)[C@@H]6CC[C@]54C)[C@@H]3CC2(C)C)O[C@@H]1C. The zero-order valence-electron chi connectivity index (χ0n) is 52.0. The van der Waals surface area contributed by atoms with Crippen molar-refractivity contribution in [3.63, 3.8) is 0 Å². The second-order valence-electron chi connectivity index (χ2n) is 28.4. The van der Waals surface area contributed by atoms with Crippen LogP contribution in [-0.4, -0.2) is 268 Å². The lowest BCUT2D eigenvalue weighted by molar-refractivity contribution is -0.392. The summed E-state index contributed by atoms with van der Waals surface area (Å²) in [6.45, 7) is 15.4. The second-order valence-corrected chi connectivity index (χ2v) is 28.4. The third kappa shape index (κ3) is 11.7. The van der Waals surface area contributed by atoms with Crippen molar-refractivity contribution < 1.29 is 138 Å². The van der Waals surface area contributed by atoms with E-state index >= 15 is 0 Å². The maximum Gasteiger partial charge on any atom is 0.335 e. The van der Waals surface area contributed by atoms with Gasteiger partial charge in [0.2, 0.25) is 0 Å². The molecule has 15 N–H and O–H groups in total. The van der Waals surface area contributed by atoms with Crippen molar-refractivity contribution in [2.75, 3.05) is 26.4 Å². The van der Waals surface area contributed by atoms with Crippen LogP contribution in [0.5, 0.6) is 0 Å². The summed E-state index contributed by atoms with van der Waals surface area (Å²) < 4.78 is 60.0. The molecule has 28 nitrogen and oxygen atoms in total. The molecule has 0 radical (unpaired) electrons. The van der Waals surface area contributed by atoms with Crippen LogP contribution in [0.1, 0.15) is 114 Å². The Labute approximate surface area is 516 Å². The molecular formula is C61H96O28. The molecule has 8 fully saturated rings. The normalized spacial score (nSPS) is 51.5. The van der Waals surface area contributed by atoms with Crippen molar-refractivity contribution >= 4 is 17.9 Å². The van der Waals surface area contributed by atoms with Crippen LogP contribution in [0, 0.1) is 50.2 Å². The summed E-state index contributed by atoms with van der Waals surface area (Å²) in [7, 11) is 0. The van der Waals surface area contributed by atoms with E-state index in [1.807, 2.05) is 20.8 Å². The molecule has 4 saturated heterocycles. The largest absolute Gasteiger partial charge is 0.479 e. The zero-order chi connectivity index (χ0) is 65.7. The summed E-state index contributed by atoms with van der Waals surface area (Å²) in [5, 5.41) is 168. The van der Waals surface area contributed by atoms with Gasteiger partial charge in [0.15, 0.2) is 37.4 Å². The number of aliphatic hydroxyl groups is 14. The Morgan fingerprint density at radius 1 is 0.640 bits per heavy atom. The average molecular weight is 1280 g/mol. The highest BCUT2D eigenvalue weighted by atomic mass is 16.8. The number of hydrogen-bond acceptors (Lipinski definition) is 27. The standard InChI is InChI=1S/C61H96O28/c1-11-24(2)51(79)85-44-25(3)81-52(42(74)39(44)71)89-49-48(76)61(23-80-26(4)65)28(18-56(49,5)6)27-12-13-32-57(7)16-15-34(58(8,22-64)31(57)14-17-59(32,9)60(27,10)19-33(61)66)84-55-46(87-54-41(73)38(70)36(68)30(21-63)83-54)43(75)45(47(88-55)50(77)78)86-53-40(72)37(69)35(67)29(20-62)82-53/h11-12,25,28-49,52-55,62-64,66-76H,13-23H2,1-10H3,(H,77,78)/b24-11-/t25-,28+,29-,30-,31-,32-,33-,34+,35-,36-,37+,38+,39-,40-,41-,42-,43+,44-,45+,46-,47+,48+,49+,52+,53+,54+,55-,57+,58-,59-,60-,61+/m1/s1. The van der Waals surface area contributed by atoms with Gasteiger partial charge in [0.1, 0.15) is 86.0 Å². The molecule has 0 aromatic rings. The van der Waals surface area contributed by atoms with Crippen LogP contribution in [-0.2, 0) is 61.8 Å². The fraction of sp³-hybridized carbons (Fsp3) is 0.885. The van der Waals surface area contributed by atoms with Gasteiger partial charge in [0.05, 0.1) is 55.8 Å². The predicted octanol–water partition coefficient (Wildman–Crippen LogP) is -2.47. The van der Waals surface area contributed by atoms with E-state index in [2.05, 4.69) is 26.8 Å². The van der Waals surface area contributed by atoms with Gasteiger partial charge < -0.3 is 124 Å². The summed E-state index contributed by atoms with van der Waals surface area (Å²) >= 11 is 0. The molecule has 0 bridgehead atoms. The fourth-order valence-corrected chi connectivity index (χ4v) is 17.6. The molecule has 9 rings (SSSR count). The van der Waals surface area contributed by atoms with Gasteiger partial charge in [0, 0.05) is 17.9 Å². The molecule has 4 saturated carbocycles. The van der Waals surface area contributed by atoms with E-state index in [9.17, 15) is 91.0 Å². The molecule has 0 amide bonds. The molecule has 28 heteroatoms. The third-order valence-corrected chi connectivity index (χ3v) is 23.1. The fourth-order valence-electron chi connectivity index (χ4n) is 17.6. The summed E-state index contributed by atoms with van der Waals surface area (Å²) in [4.78, 5) is 38.7. The average Bonchev–Trinajstić information content (AvgIpc) is 0.671. The first-order valence-corrected chi connectivity index (χ1v) is 31.0. The molecule has 32 atom stereocenters. The van der Waals surface area contributed by atoms with Gasteiger partial charge in [-0.05, 0) is 105 Å². The van der Waals surface area contributed by atoms with Gasteiger partial charge in [-0.1, -0.05) is 59.3 Å². The van der Waals surface area contributed by atoms with E-state index in [4.69, 9.17) is 47.4 Å². The van der Waals surface area contributed by atoms with Crippen LogP contribution in [0.15, 0.2) is 23.3 Å². The van der Waals surface area contributed by atoms with Gasteiger partial charge in [0.25, 0.3) is 0 Å². The van der Waals surface area contributed by atoms with Crippen molar-refractivity contribution in [3.8, 4) is 0 Å². The molecule has 4 aliphatic heterocycles. The minimum atomic E-state index is -2.20. The number of esters is 2. The first-order valence-electron chi connectivity index (χ1n) is 31.0. The third-order valence-electron chi connectivity index (χ3n) is 23.1. The second kappa shape index (κ2) is 26.0. The Morgan fingerprint density at radius 3 is 1.76 bits per heavy atom. The number of aliphatic hydroxyl groups excluding tert-OH is 14. The lowest BCUT2D eigenvalue weighted by Gasteiger charge is -2.72. The predicted molar refractivity (Wildman–Crippen MR) is 300 cm³/mol. The number of carboxylic acids is 1. The molecule has 0 aromatic heterocycles. The van der Waals surface area contributed by atoms with Crippen LogP contribution >= 0.6 is 0 Å². The van der Waals surface area contributed by atoms with E-state index < -0.39 is 230 Å². The van der Waals surface area contributed by atoms with Crippen LogP contribution in [0.2, 0.25) is 0 Å². The highest BCUT2D eigenvalue weighted by molar-refractivity contribution is 5.87. The maximum absolute atomic E-state index is 13.2. The van der Waals surface area contributed by atoms with Gasteiger partial charge in [-0.3, -0.25) is 4.79 Å². The number of hydrogen-bond donors (Lipinski definition) is 15. The Balaban J connectivity index is 1.00. The monoisotopic (exact) mass is 1280 g/mol. The Hall–Kier alpha value is -2.99. The molecule has 5 aliphatic carbocycles. The first-order chi connectivity index (χ1) is 41.6. The zero-order valence-corrected chi connectivity index (χ0v) is 52.0. The summed E-state index contributed by atoms with van der Waals surface area (Å²) in [6.07, 6.45) is -35.2. The number of carbonyl (C=O) groups excluding carboxylic acids is 2. The van der Waals surface area contributed by atoms with Crippen LogP contribution in [0.4, 0.5) is 0 Å². The lowest BCUT2D eigenvalue weighted by atomic mass is 9.33. The Bertz CT molecular complexity index is 2600. The van der Waals surface area contributed by atoms with Crippen LogP contribution < -0.4 is 0 Å². The minimum Gasteiger partial charge on any atom is -0.479 e. The van der Waals surface area contributed by atoms with E-state index in [0.29, 0.717) is 25.7 Å². The van der Waals surface area contributed by atoms with Gasteiger partial charge in [-0.25, -0.2) is 9.59 Å². The molecule has 508 valence electrons. The number of fused-ring (bicyclic) bond motifs is 7. The molecule has 0 aromatic carbocycles. The van der Waals surface area contributed by atoms with Crippen molar-refractivity contribution in [1.29, 1.82) is 0 Å². The highest BCUT2D eigenvalue weighted by Crippen LogP contribution is 2.76. The van der Waals surface area contributed by atoms with Crippen molar-refractivity contribution in [3.05, 3.63) is 23.3 Å². The van der Waals surface area contributed by atoms with E-state index in [1.54, 1.807) is 26.8 Å². The number of ether oxygens (including phenoxy) is 10. The Morgan fingerprint density at radius 2 is 1.21 bits per heavy atom. The van der Waals surface area contributed by atoms with Gasteiger partial charge >= 0.3 is 17.9 Å². The van der Waals surface area contributed by atoms with Gasteiger partial charge in [-0.2, -0.15) is 0 Å². The molecule has 9 aliphatic rings. The Kier molecular flexibility index (Phi) is 20.5. The lowest BCUT2D eigenvalue weighted by Crippen LogP contribution is -2.73. The topological polar surface area (TPSA) is 447 Å². The number of rotatable bonds is 16. The number of allylic oxidation sites excluding steroid dienone is 3. The maximum atomic E-state index is 13.2. The van der Waals surface area contributed by atoms with Crippen molar-refractivity contribution in [1.82, 2.24) is 0 Å². The van der Waals surface area contributed by atoms with Crippen LogP contribution in [0.25, 0.3) is 0 Å². The van der Waals surface area contributed by atoms with Crippen molar-refractivity contribution in [2.24, 2.45) is 50.2 Å². The summed E-state index contributed by atoms with van der Waals surface area (Å²) in [5.41, 5.74) is -4.43. The highest BCUT2D eigenvalue weighted by Gasteiger charge is 2.74. The van der Waals surface area contributed by atoms with Crippen LogP contribution in [0.3, 0.4) is 0 Å². The minimum absolute atomic E-state index is 0.0948. The number of carboxylic acid groups (broad SMARTS) is 1. The molecular weight excluding hydrogens is 1180 g/mol. The number of carbonyl (C=O) groups is 3. The quantitative estimate of drug-likeness (QED) is 0.0330. The molecule has 89 heavy (non-hydrogen) atoms. The van der Waals surface area contributed by atoms with E-state index in [0.717, 1.165) is 5.57 Å². The first kappa shape index (κ1) is 70.3. The molecule has 0 spiro atoms. The van der Waals surface area contributed by atoms with E-state index in [-0.39, 0.29) is 36.7 Å². The molecule has 4 heterocycles. The van der Waals surface area contributed by atoms with Gasteiger partial charge in [-0.15, -0.1) is 0 Å². The summed E-state index contributed by atoms with van der Waals surface area (Å²) in [6, 6.07) is 0. The smallest absolute Gasteiger partial charge is 0.335 e. The number of aliphatic carboxylic acids is 1. The van der Waals surface area contributed by atoms with E-state index in [1.165, 1.54) is 6.92 Å².